The number of benzene rings is 1. The number of hydrogen-bond acceptors (Lipinski definition) is 3. The third-order valence-corrected chi connectivity index (χ3v) is 4.07. The normalized spacial score (nSPS) is 11.9. The van der Waals surface area contributed by atoms with E-state index in [0.29, 0.717) is 12.4 Å². The molecule has 1 atom stereocenters. The minimum Gasteiger partial charge on any atom is -0.481 e. The highest BCUT2D eigenvalue weighted by Gasteiger charge is 2.15. The molecule has 0 fully saturated rings. The first kappa shape index (κ1) is 17.8. The summed E-state index contributed by atoms with van der Waals surface area (Å²) in [5.74, 6) is 0.667. The van der Waals surface area contributed by atoms with Crippen molar-refractivity contribution in [2.45, 2.75) is 39.8 Å². The summed E-state index contributed by atoms with van der Waals surface area (Å²) in [4.78, 5) is 12.1. The molecular formula is C18H26N4O2. The van der Waals surface area contributed by atoms with E-state index in [-0.39, 0.29) is 12.1 Å². The highest BCUT2D eigenvalue weighted by atomic mass is 16.5. The molecule has 2 aromatic rings. The van der Waals surface area contributed by atoms with Crippen LogP contribution >= 0.6 is 0 Å². The van der Waals surface area contributed by atoms with Gasteiger partial charge in [-0.15, -0.1) is 0 Å². The number of nitrogens with zero attached hydrogens (tertiary/aromatic N) is 2. The molecule has 1 aromatic carbocycles. The van der Waals surface area contributed by atoms with Gasteiger partial charge in [-0.3, -0.25) is 0 Å². The first-order chi connectivity index (χ1) is 11.4. The number of carbonyl (C=O) groups excluding carboxylic acids is 1. The van der Waals surface area contributed by atoms with Crippen LogP contribution in [0.1, 0.15) is 29.3 Å². The van der Waals surface area contributed by atoms with Gasteiger partial charge < -0.3 is 15.4 Å². The van der Waals surface area contributed by atoms with Crippen LogP contribution in [0.3, 0.4) is 0 Å². The lowest BCUT2D eigenvalue weighted by molar-refractivity contribution is 0.237. The predicted molar refractivity (Wildman–Crippen MR) is 94.2 cm³/mol. The lowest BCUT2D eigenvalue weighted by atomic mass is 10.0. The van der Waals surface area contributed by atoms with Crippen molar-refractivity contribution >= 4 is 6.03 Å². The van der Waals surface area contributed by atoms with Crippen LogP contribution in [0.5, 0.6) is 5.88 Å². The summed E-state index contributed by atoms with van der Waals surface area (Å²) < 4.78 is 7.00. The number of nitrogens with one attached hydrogen (secondary N) is 2. The predicted octanol–water partition coefficient (Wildman–Crippen LogP) is 2.48. The van der Waals surface area contributed by atoms with Crippen molar-refractivity contribution in [3.63, 3.8) is 0 Å². The number of aromatic nitrogens is 2. The molecule has 6 nitrogen and oxygen atoms in total. The Kier molecular flexibility index (Phi) is 5.84. The molecule has 0 bridgehead atoms. The summed E-state index contributed by atoms with van der Waals surface area (Å²) in [5.41, 5.74) is 4.22. The lowest BCUT2D eigenvalue weighted by Crippen LogP contribution is -2.41. The first-order valence-corrected chi connectivity index (χ1v) is 8.07. The summed E-state index contributed by atoms with van der Waals surface area (Å²) >= 11 is 0. The summed E-state index contributed by atoms with van der Waals surface area (Å²) in [6.07, 6.45) is 0.801. The quantitative estimate of drug-likeness (QED) is 0.855. The van der Waals surface area contributed by atoms with Gasteiger partial charge in [0.25, 0.3) is 0 Å². The zero-order valence-electron chi connectivity index (χ0n) is 15.0. The molecule has 1 aromatic heterocycles. The van der Waals surface area contributed by atoms with Gasteiger partial charge in [0.2, 0.25) is 5.88 Å². The van der Waals surface area contributed by atoms with Crippen molar-refractivity contribution in [1.29, 1.82) is 0 Å². The van der Waals surface area contributed by atoms with Gasteiger partial charge in [0.15, 0.2) is 0 Å². The average Bonchev–Trinajstić information content (AvgIpc) is 2.80. The molecule has 6 heteroatoms. The van der Waals surface area contributed by atoms with Gasteiger partial charge in [0.05, 0.1) is 24.9 Å². The molecule has 0 aliphatic rings. The van der Waals surface area contributed by atoms with Gasteiger partial charge in [0.1, 0.15) is 0 Å². The van der Waals surface area contributed by atoms with E-state index in [1.54, 1.807) is 11.8 Å². The van der Waals surface area contributed by atoms with E-state index in [0.717, 1.165) is 17.7 Å². The van der Waals surface area contributed by atoms with E-state index in [1.807, 2.05) is 33.0 Å². The molecule has 0 unspecified atom stereocenters. The minimum atomic E-state index is -0.193. The van der Waals surface area contributed by atoms with Crippen LogP contribution in [-0.2, 0) is 20.0 Å². The Labute approximate surface area is 143 Å². The number of ether oxygens (including phenoxy) is 1. The molecule has 2 N–H and O–H groups in total. The molecule has 1 heterocycles. The maximum Gasteiger partial charge on any atom is 0.315 e. The Bertz CT molecular complexity index is 709. The van der Waals surface area contributed by atoms with E-state index in [4.69, 9.17) is 4.74 Å². The second-order valence-electron chi connectivity index (χ2n) is 6.06. The topological polar surface area (TPSA) is 68.2 Å². The number of aryl methyl sites for hydroxylation is 3. The third-order valence-electron chi connectivity index (χ3n) is 4.07. The highest BCUT2D eigenvalue weighted by molar-refractivity contribution is 5.74. The van der Waals surface area contributed by atoms with Crippen LogP contribution in [0.25, 0.3) is 0 Å². The maximum atomic E-state index is 12.1. The Morgan fingerprint density at radius 2 is 2.04 bits per heavy atom. The van der Waals surface area contributed by atoms with Gasteiger partial charge >= 0.3 is 6.03 Å². The second-order valence-corrected chi connectivity index (χ2v) is 6.06. The summed E-state index contributed by atoms with van der Waals surface area (Å²) in [5, 5.41) is 10.2. The molecule has 0 saturated carbocycles. The smallest absolute Gasteiger partial charge is 0.315 e. The molecular weight excluding hydrogens is 304 g/mol. The average molecular weight is 330 g/mol. The van der Waals surface area contributed by atoms with Crippen LogP contribution in [0.2, 0.25) is 0 Å². The van der Waals surface area contributed by atoms with Crippen molar-refractivity contribution in [3.8, 4) is 5.88 Å². The molecule has 0 spiro atoms. The number of amides is 2. The molecule has 130 valence electrons. The molecule has 0 aliphatic carbocycles. The number of hydrogen-bond donors (Lipinski definition) is 2. The SMILES string of the molecule is COc1c(CNC(=O)N[C@H](C)Cc2ccccc2C)c(C)nn1C. The summed E-state index contributed by atoms with van der Waals surface area (Å²) in [6, 6.07) is 8.07. The number of rotatable bonds is 6. The summed E-state index contributed by atoms with van der Waals surface area (Å²) in [7, 11) is 3.42. The van der Waals surface area contributed by atoms with Gasteiger partial charge in [-0.2, -0.15) is 5.10 Å². The van der Waals surface area contributed by atoms with Crippen LogP contribution in [-0.4, -0.2) is 29.0 Å². The van der Waals surface area contributed by atoms with E-state index < -0.39 is 0 Å². The van der Waals surface area contributed by atoms with Crippen molar-refractivity contribution in [1.82, 2.24) is 20.4 Å². The monoisotopic (exact) mass is 330 g/mol. The number of carbonyl (C=O) groups is 1. The second kappa shape index (κ2) is 7.86. The van der Waals surface area contributed by atoms with E-state index in [2.05, 4.69) is 34.8 Å². The highest BCUT2D eigenvalue weighted by Crippen LogP contribution is 2.20. The van der Waals surface area contributed by atoms with Gasteiger partial charge in [-0.05, 0) is 38.3 Å². The summed E-state index contributed by atoms with van der Waals surface area (Å²) in [6.45, 7) is 6.37. The van der Waals surface area contributed by atoms with Gasteiger partial charge in [-0.25, -0.2) is 9.48 Å². The van der Waals surface area contributed by atoms with E-state index in [1.165, 1.54) is 11.1 Å². The molecule has 2 rings (SSSR count). The Morgan fingerprint density at radius 1 is 1.33 bits per heavy atom. The Morgan fingerprint density at radius 3 is 2.71 bits per heavy atom. The van der Waals surface area contributed by atoms with Crippen LogP contribution < -0.4 is 15.4 Å². The fourth-order valence-corrected chi connectivity index (χ4v) is 2.80. The van der Waals surface area contributed by atoms with Gasteiger partial charge in [-0.1, -0.05) is 24.3 Å². The fourth-order valence-electron chi connectivity index (χ4n) is 2.80. The number of methoxy groups -OCH3 is 1. The van der Waals surface area contributed by atoms with E-state index in [9.17, 15) is 4.79 Å². The van der Waals surface area contributed by atoms with Crippen molar-refractivity contribution in [2.24, 2.45) is 7.05 Å². The molecule has 24 heavy (non-hydrogen) atoms. The van der Waals surface area contributed by atoms with E-state index >= 15 is 0 Å². The zero-order valence-corrected chi connectivity index (χ0v) is 15.0. The standard InChI is InChI=1S/C18H26N4O2/c1-12-8-6-7-9-15(12)10-13(2)20-18(23)19-11-16-14(3)21-22(4)17(16)24-5/h6-9,13H,10-11H2,1-5H3,(H2,19,20,23)/t13-/m1/s1. The van der Waals surface area contributed by atoms with Crippen LogP contribution in [0.4, 0.5) is 4.79 Å². The Hall–Kier alpha value is -2.50. The zero-order chi connectivity index (χ0) is 17.7. The molecule has 2 amide bonds. The van der Waals surface area contributed by atoms with Gasteiger partial charge in [0, 0.05) is 13.1 Å². The first-order valence-electron chi connectivity index (χ1n) is 8.07. The molecule has 0 radical (unpaired) electrons. The largest absolute Gasteiger partial charge is 0.481 e. The molecule has 0 aliphatic heterocycles. The van der Waals surface area contributed by atoms with Crippen molar-refractivity contribution in [2.75, 3.05) is 7.11 Å². The lowest BCUT2D eigenvalue weighted by Gasteiger charge is -2.16. The maximum absolute atomic E-state index is 12.1. The van der Waals surface area contributed by atoms with Crippen LogP contribution in [0, 0.1) is 13.8 Å². The fraction of sp³-hybridized carbons (Fsp3) is 0.444. The molecule has 0 saturated heterocycles. The third kappa shape index (κ3) is 4.28. The minimum absolute atomic E-state index is 0.0444. The number of urea groups is 1. The van der Waals surface area contributed by atoms with Crippen LogP contribution in [0.15, 0.2) is 24.3 Å². The van der Waals surface area contributed by atoms with Crippen molar-refractivity contribution < 1.29 is 9.53 Å². The Balaban J connectivity index is 1.88. The van der Waals surface area contributed by atoms with Crippen molar-refractivity contribution in [3.05, 3.63) is 46.6 Å².